The minimum atomic E-state index is 0.144. The Morgan fingerprint density at radius 3 is 2.41 bits per heavy atom. The van der Waals surface area contributed by atoms with E-state index in [1.165, 1.54) is 16.7 Å². The molecule has 0 amide bonds. The number of hydrogen-bond donors (Lipinski definition) is 2. The summed E-state index contributed by atoms with van der Waals surface area (Å²) >= 11 is 0. The van der Waals surface area contributed by atoms with E-state index in [4.69, 9.17) is 10.6 Å². The highest BCUT2D eigenvalue weighted by atomic mass is 16.5. The zero-order chi connectivity index (χ0) is 13.0. The fourth-order valence-corrected chi connectivity index (χ4v) is 2.30. The van der Waals surface area contributed by atoms with Gasteiger partial charge >= 0.3 is 0 Å². The fraction of sp³-hybridized carbons (Fsp3) is 0.571. The highest BCUT2D eigenvalue weighted by Crippen LogP contribution is 2.32. The summed E-state index contributed by atoms with van der Waals surface area (Å²) in [4.78, 5) is 0. The molecule has 0 aliphatic heterocycles. The van der Waals surface area contributed by atoms with E-state index in [9.17, 15) is 0 Å². The Bertz CT molecular complexity index is 375. The van der Waals surface area contributed by atoms with E-state index in [1.807, 2.05) is 0 Å². The Morgan fingerprint density at radius 2 is 1.94 bits per heavy atom. The molecule has 1 rings (SSSR count). The van der Waals surface area contributed by atoms with Crippen LogP contribution in [-0.4, -0.2) is 7.11 Å². The van der Waals surface area contributed by atoms with Crippen LogP contribution in [0.25, 0.3) is 0 Å². The highest BCUT2D eigenvalue weighted by molar-refractivity contribution is 5.45. The van der Waals surface area contributed by atoms with Crippen LogP contribution in [0.5, 0.6) is 5.75 Å². The van der Waals surface area contributed by atoms with Gasteiger partial charge in [-0.2, -0.15) is 0 Å². The molecular weight excluding hydrogens is 212 g/mol. The zero-order valence-electron chi connectivity index (χ0n) is 11.5. The first-order valence-corrected chi connectivity index (χ1v) is 6.10. The van der Waals surface area contributed by atoms with Crippen molar-refractivity contribution in [1.29, 1.82) is 0 Å². The monoisotopic (exact) mass is 236 g/mol. The molecule has 17 heavy (non-hydrogen) atoms. The van der Waals surface area contributed by atoms with Crippen molar-refractivity contribution in [2.24, 2.45) is 11.8 Å². The molecule has 0 spiro atoms. The van der Waals surface area contributed by atoms with Crippen molar-refractivity contribution in [3.63, 3.8) is 0 Å². The maximum Gasteiger partial charge on any atom is 0.124 e. The highest BCUT2D eigenvalue weighted by Gasteiger charge is 2.18. The van der Waals surface area contributed by atoms with Crippen molar-refractivity contribution in [3.8, 4) is 5.75 Å². The van der Waals surface area contributed by atoms with Crippen LogP contribution < -0.4 is 16.0 Å². The molecule has 3 N–H and O–H groups in total. The largest absolute Gasteiger partial charge is 0.496 e. The van der Waals surface area contributed by atoms with Crippen molar-refractivity contribution in [1.82, 2.24) is 5.43 Å². The van der Waals surface area contributed by atoms with Crippen LogP contribution in [-0.2, 0) is 0 Å². The van der Waals surface area contributed by atoms with Crippen LogP contribution in [0.4, 0.5) is 0 Å². The van der Waals surface area contributed by atoms with E-state index in [2.05, 4.69) is 45.3 Å². The van der Waals surface area contributed by atoms with E-state index in [1.54, 1.807) is 7.11 Å². The molecule has 0 saturated heterocycles. The van der Waals surface area contributed by atoms with Crippen molar-refractivity contribution < 1.29 is 4.74 Å². The average Bonchev–Trinajstić information content (AvgIpc) is 2.25. The quantitative estimate of drug-likeness (QED) is 0.610. The van der Waals surface area contributed by atoms with Gasteiger partial charge in [-0.15, -0.1) is 0 Å². The number of nitrogens with two attached hydrogens (primary N) is 1. The summed E-state index contributed by atoms with van der Waals surface area (Å²) in [5, 5.41) is 0. The molecule has 1 unspecified atom stereocenters. The van der Waals surface area contributed by atoms with Gasteiger partial charge in [0.1, 0.15) is 5.75 Å². The van der Waals surface area contributed by atoms with Gasteiger partial charge in [0, 0.05) is 5.56 Å². The number of hydrazine groups is 1. The lowest BCUT2D eigenvalue weighted by Gasteiger charge is -2.23. The number of methoxy groups -OCH3 is 1. The summed E-state index contributed by atoms with van der Waals surface area (Å²) in [5.41, 5.74) is 6.52. The van der Waals surface area contributed by atoms with Crippen molar-refractivity contribution in [2.75, 3.05) is 7.11 Å². The van der Waals surface area contributed by atoms with Gasteiger partial charge < -0.3 is 4.74 Å². The zero-order valence-corrected chi connectivity index (χ0v) is 11.5. The molecule has 0 aliphatic carbocycles. The lowest BCUT2D eigenvalue weighted by atomic mass is 9.92. The normalized spacial score (nSPS) is 12.9. The smallest absolute Gasteiger partial charge is 0.124 e. The number of benzene rings is 1. The first-order chi connectivity index (χ1) is 7.99. The standard InChI is InChI=1S/C14H24N2O/c1-9(2)6-12(16-15)14-11(4)7-10(3)8-13(14)17-5/h7-9,12,16H,6,15H2,1-5H3. The van der Waals surface area contributed by atoms with Crippen LogP contribution in [0.1, 0.15) is 43.0 Å². The molecule has 0 bridgehead atoms. The lowest BCUT2D eigenvalue weighted by molar-refractivity contribution is 0.382. The Morgan fingerprint density at radius 1 is 1.29 bits per heavy atom. The van der Waals surface area contributed by atoms with Crippen molar-refractivity contribution >= 4 is 0 Å². The first-order valence-electron chi connectivity index (χ1n) is 6.10. The summed E-state index contributed by atoms with van der Waals surface area (Å²) in [6.07, 6.45) is 0.997. The van der Waals surface area contributed by atoms with E-state index >= 15 is 0 Å². The molecule has 96 valence electrons. The Balaban J connectivity index is 3.17. The Hall–Kier alpha value is -1.06. The minimum Gasteiger partial charge on any atom is -0.496 e. The summed E-state index contributed by atoms with van der Waals surface area (Å²) in [6.45, 7) is 8.57. The maximum absolute atomic E-state index is 5.68. The van der Waals surface area contributed by atoms with Gasteiger partial charge in [-0.3, -0.25) is 11.3 Å². The Kier molecular flexibility index (Phi) is 4.97. The van der Waals surface area contributed by atoms with Gasteiger partial charge in [0.2, 0.25) is 0 Å². The van der Waals surface area contributed by atoms with Gasteiger partial charge in [0.15, 0.2) is 0 Å². The summed E-state index contributed by atoms with van der Waals surface area (Å²) in [5.74, 6) is 7.19. The summed E-state index contributed by atoms with van der Waals surface area (Å²) in [7, 11) is 1.71. The maximum atomic E-state index is 5.68. The second-order valence-electron chi connectivity index (χ2n) is 5.05. The van der Waals surface area contributed by atoms with Gasteiger partial charge in [0.25, 0.3) is 0 Å². The van der Waals surface area contributed by atoms with E-state index in [0.717, 1.165) is 12.2 Å². The number of ether oxygens (including phenoxy) is 1. The minimum absolute atomic E-state index is 0.144. The second-order valence-corrected chi connectivity index (χ2v) is 5.05. The van der Waals surface area contributed by atoms with Crippen LogP contribution >= 0.6 is 0 Å². The van der Waals surface area contributed by atoms with Crippen LogP contribution in [0.3, 0.4) is 0 Å². The SMILES string of the molecule is COc1cc(C)cc(C)c1C(CC(C)C)NN. The third-order valence-electron chi connectivity index (χ3n) is 2.97. The molecule has 1 atom stereocenters. The topological polar surface area (TPSA) is 47.3 Å². The van der Waals surface area contributed by atoms with E-state index in [-0.39, 0.29) is 6.04 Å². The molecule has 3 heteroatoms. The van der Waals surface area contributed by atoms with Crippen molar-refractivity contribution in [3.05, 3.63) is 28.8 Å². The van der Waals surface area contributed by atoms with E-state index < -0.39 is 0 Å². The summed E-state index contributed by atoms with van der Waals surface area (Å²) < 4.78 is 5.48. The van der Waals surface area contributed by atoms with Crippen LogP contribution in [0.2, 0.25) is 0 Å². The molecule has 3 nitrogen and oxygen atoms in total. The third-order valence-corrected chi connectivity index (χ3v) is 2.97. The van der Waals surface area contributed by atoms with Gasteiger partial charge in [0.05, 0.1) is 13.2 Å². The van der Waals surface area contributed by atoms with Gasteiger partial charge in [-0.1, -0.05) is 19.9 Å². The fourth-order valence-electron chi connectivity index (χ4n) is 2.30. The Labute approximate surface area is 104 Å². The molecule has 0 heterocycles. The van der Waals surface area contributed by atoms with Crippen LogP contribution in [0, 0.1) is 19.8 Å². The lowest BCUT2D eigenvalue weighted by Crippen LogP contribution is -2.30. The molecule has 0 saturated carbocycles. The molecule has 1 aromatic carbocycles. The molecule has 0 aromatic heterocycles. The average molecular weight is 236 g/mol. The van der Waals surface area contributed by atoms with E-state index in [0.29, 0.717) is 5.92 Å². The number of hydrogen-bond acceptors (Lipinski definition) is 3. The molecule has 0 radical (unpaired) electrons. The second kappa shape index (κ2) is 6.03. The van der Waals surface area contributed by atoms with Crippen molar-refractivity contribution in [2.45, 2.75) is 40.2 Å². The molecule has 0 aliphatic rings. The van der Waals surface area contributed by atoms with Gasteiger partial charge in [-0.25, -0.2) is 0 Å². The number of rotatable bonds is 5. The molecular formula is C14H24N2O. The summed E-state index contributed by atoms with van der Waals surface area (Å²) in [6, 6.07) is 4.38. The number of aryl methyl sites for hydroxylation is 2. The van der Waals surface area contributed by atoms with Gasteiger partial charge in [-0.05, 0) is 43.4 Å². The number of nitrogens with one attached hydrogen (secondary N) is 1. The molecule has 0 fully saturated rings. The first kappa shape index (κ1) is 14.0. The predicted octanol–water partition coefficient (Wildman–Crippen LogP) is 2.86. The van der Waals surface area contributed by atoms with Crippen LogP contribution in [0.15, 0.2) is 12.1 Å². The predicted molar refractivity (Wildman–Crippen MR) is 72.0 cm³/mol. The third kappa shape index (κ3) is 3.45. The molecule has 1 aromatic rings.